The first-order valence-corrected chi connectivity index (χ1v) is 14.5. The molecule has 3 aromatic heterocycles. The SMILES string of the molecule is C=CC(=O)Nc1c(C)ccc(-c2c(-c3ccc(N4CCN(C)CC4)cc3)[nH]c3ncc(-c4cnn(CC)c4)cc23)c1C. The quantitative estimate of drug-likeness (QED) is 0.230. The van der Waals surface area contributed by atoms with Crippen LogP contribution >= 0.6 is 0 Å². The van der Waals surface area contributed by atoms with Crippen molar-refractivity contribution in [1.82, 2.24) is 24.6 Å². The van der Waals surface area contributed by atoms with Crippen LogP contribution in [-0.4, -0.2) is 63.8 Å². The normalized spacial score (nSPS) is 14.0. The molecular formula is C34H37N7O. The number of pyridine rings is 1. The summed E-state index contributed by atoms with van der Waals surface area (Å²) in [5.41, 5.74) is 11.0. The number of nitrogens with one attached hydrogen (secondary N) is 2. The van der Waals surface area contributed by atoms with Crippen LogP contribution < -0.4 is 10.2 Å². The number of carbonyl (C=O) groups is 1. The average molecular weight is 560 g/mol. The number of aromatic amines is 1. The largest absolute Gasteiger partial charge is 0.369 e. The summed E-state index contributed by atoms with van der Waals surface area (Å²) >= 11 is 0. The second-order valence-corrected chi connectivity index (χ2v) is 11.0. The lowest BCUT2D eigenvalue weighted by molar-refractivity contribution is -0.111. The van der Waals surface area contributed by atoms with Gasteiger partial charge in [0.2, 0.25) is 5.91 Å². The lowest BCUT2D eigenvalue weighted by atomic mass is 9.92. The highest BCUT2D eigenvalue weighted by Gasteiger charge is 2.21. The van der Waals surface area contributed by atoms with Gasteiger partial charge < -0.3 is 20.1 Å². The molecule has 1 fully saturated rings. The van der Waals surface area contributed by atoms with Gasteiger partial charge in [0.25, 0.3) is 0 Å². The molecule has 1 aliphatic rings. The highest BCUT2D eigenvalue weighted by atomic mass is 16.1. The summed E-state index contributed by atoms with van der Waals surface area (Å²) in [5.74, 6) is -0.228. The Labute approximate surface area is 246 Å². The van der Waals surface area contributed by atoms with Gasteiger partial charge in [-0.3, -0.25) is 9.48 Å². The van der Waals surface area contributed by atoms with Crippen LogP contribution in [0.1, 0.15) is 18.1 Å². The van der Waals surface area contributed by atoms with Crippen molar-refractivity contribution in [3.63, 3.8) is 0 Å². The number of benzene rings is 2. The molecule has 1 aliphatic heterocycles. The van der Waals surface area contributed by atoms with Crippen LogP contribution in [0, 0.1) is 13.8 Å². The van der Waals surface area contributed by atoms with E-state index < -0.39 is 0 Å². The molecule has 8 nitrogen and oxygen atoms in total. The van der Waals surface area contributed by atoms with E-state index >= 15 is 0 Å². The van der Waals surface area contributed by atoms with E-state index in [4.69, 9.17) is 4.98 Å². The van der Waals surface area contributed by atoms with Gasteiger partial charge in [-0.15, -0.1) is 0 Å². The van der Waals surface area contributed by atoms with Crippen LogP contribution in [0.2, 0.25) is 0 Å². The molecule has 4 heterocycles. The second kappa shape index (κ2) is 11.3. The fourth-order valence-electron chi connectivity index (χ4n) is 5.80. The number of amides is 1. The predicted octanol–water partition coefficient (Wildman–Crippen LogP) is 6.27. The van der Waals surface area contributed by atoms with Crippen molar-refractivity contribution in [3.05, 3.63) is 84.8 Å². The molecule has 5 aromatic rings. The topological polar surface area (TPSA) is 82.1 Å². The number of hydrogen-bond acceptors (Lipinski definition) is 5. The highest BCUT2D eigenvalue weighted by Crippen LogP contribution is 2.42. The van der Waals surface area contributed by atoms with Crippen molar-refractivity contribution in [2.45, 2.75) is 27.3 Å². The third kappa shape index (κ3) is 5.10. The molecule has 0 atom stereocenters. The Morgan fingerprint density at radius 2 is 1.79 bits per heavy atom. The Balaban J connectivity index is 1.51. The number of anilines is 2. The van der Waals surface area contributed by atoms with Crippen LogP contribution in [0.25, 0.3) is 44.5 Å². The van der Waals surface area contributed by atoms with E-state index in [1.807, 2.05) is 30.2 Å². The van der Waals surface area contributed by atoms with Crippen LogP contribution in [0.5, 0.6) is 0 Å². The number of hydrogen-bond donors (Lipinski definition) is 2. The fraction of sp³-hybridized carbons (Fsp3) is 0.265. The van der Waals surface area contributed by atoms with Gasteiger partial charge in [-0.05, 0) is 74.3 Å². The van der Waals surface area contributed by atoms with Gasteiger partial charge in [0.1, 0.15) is 5.65 Å². The summed E-state index contributed by atoms with van der Waals surface area (Å²) < 4.78 is 1.92. The van der Waals surface area contributed by atoms with E-state index in [1.165, 1.54) is 11.8 Å². The van der Waals surface area contributed by atoms with Crippen molar-refractivity contribution in [3.8, 4) is 33.5 Å². The number of piperazine rings is 1. The molecule has 6 rings (SSSR count). The van der Waals surface area contributed by atoms with Gasteiger partial charge in [0, 0.05) is 78.6 Å². The first-order chi connectivity index (χ1) is 20.4. The standard InChI is InChI=1S/C34H37N7O/c1-6-30(42)37-32-22(3)8-13-28(23(32)4)31-29-18-25(26-20-36-41(7-2)21-26)19-35-34(29)38-33(31)24-9-11-27(12-10-24)40-16-14-39(5)15-17-40/h6,8-13,18-21H,1,7,14-17H2,2-5H3,(H,35,38)(H,37,42). The highest BCUT2D eigenvalue weighted by molar-refractivity contribution is 6.06. The fourth-order valence-corrected chi connectivity index (χ4v) is 5.80. The van der Waals surface area contributed by atoms with Gasteiger partial charge in [-0.1, -0.05) is 30.8 Å². The molecule has 42 heavy (non-hydrogen) atoms. The molecule has 0 spiro atoms. The van der Waals surface area contributed by atoms with Gasteiger partial charge in [0.15, 0.2) is 0 Å². The Kier molecular flexibility index (Phi) is 7.39. The number of nitrogens with zero attached hydrogens (tertiary/aromatic N) is 5. The van der Waals surface area contributed by atoms with E-state index in [1.54, 1.807) is 0 Å². The Hall–Kier alpha value is -4.69. The van der Waals surface area contributed by atoms with Crippen molar-refractivity contribution < 1.29 is 4.79 Å². The van der Waals surface area contributed by atoms with E-state index in [0.29, 0.717) is 0 Å². The van der Waals surface area contributed by atoms with E-state index in [9.17, 15) is 4.79 Å². The summed E-state index contributed by atoms with van der Waals surface area (Å²) in [6, 6.07) is 15.2. The maximum absolute atomic E-state index is 12.3. The Morgan fingerprint density at radius 1 is 1.02 bits per heavy atom. The zero-order chi connectivity index (χ0) is 29.4. The summed E-state index contributed by atoms with van der Waals surface area (Å²) in [7, 11) is 2.18. The number of rotatable bonds is 7. The summed E-state index contributed by atoms with van der Waals surface area (Å²) in [6.45, 7) is 14.8. The first-order valence-electron chi connectivity index (χ1n) is 14.5. The summed E-state index contributed by atoms with van der Waals surface area (Å²) in [4.78, 5) is 25.6. The molecule has 214 valence electrons. The summed E-state index contributed by atoms with van der Waals surface area (Å²) in [5, 5.41) is 8.52. The molecule has 0 aliphatic carbocycles. The molecule has 8 heteroatoms. The minimum absolute atomic E-state index is 0.228. The molecule has 0 unspecified atom stereocenters. The molecule has 2 N–H and O–H groups in total. The van der Waals surface area contributed by atoms with E-state index in [2.05, 4.69) is 95.1 Å². The van der Waals surface area contributed by atoms with Crippen LogP contribution in [-0.2, 0) is 11.3 Å². The maximum Gasteiger partial charge on any atom is 0.247 e. The maximum atomic E-state index is 12.3. The van der Waals surface area contributed by atoms with Crippen LogP contribution in [0.3, 0.4) is 0 Å². The Bertz CT molecular complexity index is 1770. The van der Waals surface area contributed by atoms with Crippen LogP contribution in [0.4, 0.5) is 11.4 Å². The lowest BCUT2D eigenvalue weighted by Crippen LogP contribution is -2.44. The minimum atomic E-state index is -0.228. The number of H-pyrrole nitrogens is 1. The zero-order valence-corrected chi connectivity index (χ0v) is 24.7. The molecule has 1 saturated heterocycles. The van der Waals surface area contributed by atoms with Gasteiger partial charge in [-0.25, -0.2) is 4.98 Å². The first kappa shape index (κ1) is 27.5. The van der Waals surface area contributed by atoms with E-state index in [0.717, 1.165) is 94.1 Å². The smallest absolute Gasteiger partial charge is 0.247 e. The molecule has 0 radical (unpaired) electrons. The number of carbonyl (C=O) groups excluding carboxylic acids is 1. The predicted molar refractivity (Wildman–Crippen MR) is 172 cm³/mol. The summed E-state index contributed by atoms with van der Waals surface area (Å²) in [6.07, 6.45) is 7.14. The van der Waals surface area contributed by atoms with Crippen molar-refractivity contribution in [1.29, 1.82) is 0 Å². The third-order valence-corrected chi connectivity index (χ3v) is 8.34. The molecule has 1 amide bonds. The van der Waals surface area contributed by atoms with Gasteiger partial charge in [0.05, 0.1) is 11.9 Å². The third-order valence-electron chi connectivity index (χ3n) is 8.34. The monoisotopic (exact) mass is 559 g/mol. The van der Waals surface area contributed by atoms with Crippen molar-refractivity contribution in [2.75, 3.05) is 43.4 Å². The molecular weight excluding hydrogens is 522 g/mol. The zero-order valence-electron chi connectivity index (χ0n) is 24.7. The molecule has 0 saturated carbocycles. The number of aryl methyl sites for hydroxylation is 2. The van der Waals surface area contributed by atoms with Gasteiger partial charge in [-0.2, -0.15) is 5.10 Å². The Morgan fingerprint density at radius 3 is 2.48 bits per heavy atom. The van der Waals surface area contributed by atoms with E-state index in [-0.39, 0.29) is 5.91 Å². The second-order valence-electron chi connectivity index (χ2n) is 11.0. The number of fused-ring (bicyclic) bond motifs is 1. The molecule has 2 aromatic carbocycles. The number of aromatic nitrogens is 4. The van der Waals surface area contributed by atoms with Crippen molar-refractivity contribution >= 4 is 28.3 Å². The average Bonchev–Trinajstić information content (AvgIpc) is 3.65. The molecule has 0 bridgehead atoms. The number of likely N-dealkylation sites (N-methyl/N-ethyl adjacent to an activating group) is 1. The lowest BCUT2D eigenvalue weighted by Gasteiger charge is -2.34. The minimum Gasteiger partial charge on any atom is -0.369 e. The van der Waals surface area contributed by atoms with Crippen molar-refractivity contribution in [2.24, 2.45) is 0 Å². The van der Waals surface area contributed by atoms with Crippen LogP contribution in [0.15, 0.2) is 73.7 Å². The van der Waals surface area contributed by atoms with Gasteiger partial charge >= 0.3 is 0 Å².